The van der Waals surface area contributed by atoms with Crippen LogP contribution in [0.15, 0.2) is 23.0 Å². The molecule has 4 rings (SSSR count). The minimum atomic E-state index is -0.0318. The van der Waals surface area contributed by atoms with Crippen molar-refractivity contribution in [1.82, 2.24) is 14.9 Å². The summed E-state index contributed by atoms with van der Waals surface area (Å²) in [7, 11) is 0. The molecular weight excluding hydrogens is 338 g/mol. The van der Waals surface area contributed by atoms with Gasteiger partial charge < -0.3 is 10.1 Å². The van der Waals surface area contributed by atoms with Gasteiger partial charge in [-0.05, 0) is 50.8 Å². The van der Waals surface area contributed by atoms with Gasteiger partial charge in [-0.25, -0.2) is 4.98 Å². The smallest absolute Gasteiger partial charge is 0.254 e. The summed E-state index contributed by atoms with van der Waals surface area (Å²) >= 11 is 6.25. The van der Waals surface area contributed by atoms with Crippen LogP contribution in [-0.2, 0) is 18.4 Å². The van der Waals surface area contributed by atoms with E-state index in [9.17, 15) is 9.90 Å². The number of aryl methyl sites for hydroxylation is 1. The van der Waals surface area contributed by atoms with Gasteiger partial charge in [-0.3, -0.25) is 9.69 Å². The number of aromatic nitrogens is 2. The van der Waals surface area contributed by atoms with Gasteiger partial charge in [0.15, 0.2) is 0 Å². The largest absolute Gasteiger partial charge is 0.506 e. The Morgan fingerprint density at radius 1 is 1.40 bits per heavy atom. The van der Waals surface area contributed by atoms with Crippen molar-refractivity contribution in [2.24, 2.45) is 0 Å². The third kappa shape index (κ3) is 2.85. The van der Waals surface area contributed by atoms with Crippen molar-refractivity contribution in [2.45, 2.75) is 44.6 Å². The van der Waals surface area contributed by atoms with Crippen LogP contribution in [0.1, 0.15) is 41.9 Å². The third-order valence-electron chi connectivity index (χ3n) is 5.60. The highest BCUT2D eigenvalue weighted by Gasteiger charge is 2.44. The van der Waals surface area contributed by atoms with Crippen molar-refractivity contribution in [1.29, 1.82) is 0 Å². The first kappa shape index (κ1) is 16.6. The van der Waals surface area contributed by atoms with E-state index >= 15 is 0 Å². The summed E-state index contributed by atoms with van der Waals surface area (Å²) in [6.07, 6.45) is 3.92. The second-order valence-corrected chi connectivity index (χ2v) is 7.70. The van der Waals surface area contributed by atoms with Gasteiger partial charge in [-0.2, -0.15) is 0 Å². The Morgan fingerprint density at radius 2 is 2.24 bits per heavy atom. The number of phenolic OH excluding ortho intramolecular Hbond substituents is 1. The average Bonchev–Trinajstić information content (AvgIpc) is 2.90. The quantitative estimate of drug-likeness (QED) is 0.865. The number of phenols is 1. The van der Waals surface area contributed by atoms with E-state index in [1.807, 2.05) is 19.1 Å². The first-order chi connectivity index (χ1) is 12.0. The lowest BCUT2D eigenvalue weighted by atomic mass is 9.77. The minimum absolute atomic E-state index is 0.0209. The lowest BCUT2D eigenvalue weighted by Crippen LogP contribution is -2.45. The van der Waals surface area contributed by atoms with Crippen molar-refractivity contribution >= 4 is 11.6 Å². The first-order valence-electron chi connectivity index (χ1n) is 8.77. The number of benzene rings is 1. The average molecular weight is 360 g/mol. The highest BCUT2D eigenvalue weighted by atomic mass is 35.5. The maximum atomic E-state index is 12.3. The number of aromatic hydroxyl groups is 1. The Balaban J connectivity index is 1.63. The molecule has 1 aromatic heterocycles. The molecule has 2 aliphatic rings. The molecule has 1 atom stereocenters. The van der Waals surface area contributed by atoms with Gasteiger partial charge in [0.2, 0.25) is 0 Å². The number of rotatable bonds is 2. The molecule has 5 nitrogen and oxygen atoms in total. The van der Waals surface area contributed by atoms with Gasteiger partial charge in [0.25, 0.3) is 5.56 Å². The summed E-state index contributed by atoms with van der Waals surface area (Å²) in [6.45, 7) is 4.42. The molecule has 0 radical (unpaired) electrons. The van der Waals surface area contributed by atoms with E-state index in [1.165, 1.54) is 0 Å². The summed E-state index contributed by atoms with van der Waals surface area (Å²) in [5.74, 6) is 0.819. The fraction of sp³-hybridized carbons (Fsp3) is 0.474. The third-order valence-corrected chi connectivity index (χ3v) is 6.03. The lowest BCUT2D eigenvalue weighted by molar-refractivity contribution is 0.136. The fourth-order valence-corrected chi connectivity index (χ4v) is 4.64. The van der Waals surface area contributed by atoms with Gasteiger partial charge in [0.1, 0.15) is 11.6 Å². The Bertz CT molecular complexity index is 879. The summed E-state index contributed by atoms with van der Waals surface area (Å²) in [5.41, 5.74) is 2.79. The summed E-state index contributed by atoms with van der Waals surface area (Å²) in [5, 5.41) is 10.3. The predicted octanol–water partition coefficient (Wildman–Crippen LogP) is 2.92. The molecule has 25 heavy (non-hydrogen) atoms. The number of hydrogen-bond donors (Lipinski definition) is 2. The normalized spacial score (nSPS) is 23.1. The molecule has 1 aliphatic carbocycles. The van der Waals surface area contributed by atoms with E-state index in [1.54, 1.807) is 6.07 Å². The topological polar surface area (TPSA) is 69.2 Å². The van der Waals surface area contributed by atoms with E-state index in [4.69, 9.17) is 16.6 Å². The SMILES string of the molecule is Cc1nc2c(c(=O)[nH]1)CCC21CCCN(Cc2cccc(O)c2Cl)C1. The molecule has 0 bridgehead atoms. The number of halogens is 1. The van der Waals surface area contributed by atoms with Crippen LogP contribution in [0.3, 0.4) is 0 Å². The van der Waals surface area contributed by atoms with Crippen molar-refractivity contribution in [2.75, 3.05) is 13.1 Å². The van der Waals surface area contributed by atoms with E-state index in [0.29, 0.717) is 17.4 Å². The monoisotopic (exact) mass is 359 g/mol. The van der Waals surface area contributed by atoms with Gasteiger partial charge in [0.05, 0.1) is 10.7 Å². The Hall–Kier alpha value is -1.85. The molecule has 2 heterocycles. The Morgan fingerprint density at radius 3 is 3.08 bits per heavy atom. The number of nitrogens with one attached hydrogen (secondary N) is 1. The number of fused-ring (bicyclic) bond motifs is 2. The Labute approximate surface area is 151 Å². The van der Waals surface area contributed by atoms with E-state index in [0.717, 1.165) is 55.6 Å². The molecule has 1 aromatic carbocycles. The molecule has 0 saturated carbocycles. The zero-order chi connectivity index (χ0) is 17.6. The highest BCUT2D eigenvalue weighted by molar-refractivity contribution is 6.32. The minimum Gasteiger partial charge on any atom is -0.506 e. The van der Waals surface area contributed by atoms with Crippen molar-refractivity contribution in [3.05, 3.63) is 56.2 Å². The molecule has 6 heteroatoms. The van der Waals surface area contributed by atoms with Crippen LogP contribution in [-0.4, -0.2) is 33.1 Å². The number of hydrogen-bond acceptors (Lipinski definition) is 4. The molecule has 0 amide bonds. The van der Waals surface area contributed by atoms with Crippen LogP contribution in [0.2, 0.25) is 5.02 Å². The molecule has 2 N–H and O–H groups in total. The van der Waals surface area contributed by atoms with Gasteiger partial charge in [-0.15, -0.1) is 0 Å². The van der Waals surface area contributed by atoms with Crippen molar-refractivity contribution in [3.63, 3.8) is 0 Å². The summed E-state index contributed by atoms with van der Waals surface area (Å²) < 4.78 is 0. The molecule has 2 aromatic rings. The van der Waals surface area contributed by atoms with Gasteiger partial charge >= 0.3 is 0 Å². The van der Waals surface area contributed by atoms with E-state index < -0.39 is 0 Å². The van der Waals surface area contributed by atoms with Crippen LogP contribution in [0.5, 0.6) is 5.75 Å². The molecule has 132 valence electrons. The van der Waals surface area contributed by atoms with Gasteiger partial charge in [-0.1, -0.05) is 23.7 Å². The van der Waals surface area contributed by atoms with Crippen LogP contribution >= 0.6 is 11.6 Å². The zero-order valence-electron chi connectivity index (χ0n) is 14.3. The number of aromatic amines is 1. The number of piperidine rings is 1. The fourth-order valence-electron chi connectivity index (χ4n) is 4.45. The van der Waals surface area contributed by atoms with Gasteiger partial charge in [0, 0.05) is 24.1 Å². The van der Waals surface area contributed by atoms with Crippen LogP contribution < -0.4 is 5.56 Å². The molecule has 1 saturated heterocycles. The second-order valence-electron chi connectivity index (χ2n) is 7.32. The van der Waals surface area contributed by atoms with Crippen LogP contribution in [0.4, 0.5) is 0 Å². The molecular formula is C19H22ClN3O2. The summed E-state index contributed by atoms with van der Waals surface area (Å²) in [4.78, 5) is 22.2. The zero-order valence-corrected chi connectivity index (χ0v) is 15.1. The van der Waals surface area contributed by atoms with Crippen LogP contribution in [0, 0.1) is 6.92 Å². The number of H-pyrrole nitrogens is 1. The maximum absolute atomic E-state index is 12.3. The van der Waals surface area contributed by atoms with E-state index in [-0.39, 0.29) is 16.7 Å². The molecule has 1 spiro atoms. The lowest BCUT2D eigenvalue weighted by Gasteiger charge is -2.40. The molecule has 1 unspecified atom stereocenters. The van der Waals surface area contributed by atoms with Crippen molar-refractivity contribution < 1.29 is 5.11 Å². The second kappa shape index (κ2) is 6.15. The number of nitrogens with zero attached hydrogens (tertiary/aromatic N) is 2. The summed E-state index contributed by atoms with van der Waals surface area (Å²) in [6, 6.07) is 5.39. The molecule has 1 fully saturated rings. The van der Waals surface area contributed by atoms with E-state index in [2.05, 4.69) is 9.88 Å². The Kier molecular flexibility index (Phi) is 4.08. The number of likely N-dealkylation sites (tertiary alicyclic amines) is 1. The maximum Gasteiger partial charge on any atom is 0.254 e. The predicted molar refractivity (Wildman–Crippen MR) is 97.2 cm³/mol. The van der Waals surface area contributed by atoms with Crippen molar-refractivity contribution in [3.8, 4) is 5.75 Å². The van der Waals surface area contributed by atoms with Crippen LogP contribution in [0.25, 0.3) is 0 Å². The standard InChI is InChI=1S/C19H22ClN3O2/c1-12-21-17-14(18(25)22-12)6-8-19(17)7-3-9-23(11-19)10-13-4-2-5-15(24)16(13)20/h2,4-5,24H,3,6-11H2,1H3,(H,21,22,25). The first-order valence-corrected chi connectivity index (χ1v) is 9.15. The highest BCUT2D eigenvalue weighted by Crippen LogP contribution is 2.43. The molecule has 1 aliphatic heterocycles.